The summed E-state index contributed by atoms with van der Waals surface area (Å²) in [5, 5.41) is 0. The Morgan fingerprint density at radius 3 is 2.79 bits per heavy atom. The minimum absolute atomic E-state index is 0.642. The topological polar surface area (TPSA) is 29.3 Å². The second-order valence-corrected chi connectivity index (χ2v) is 7.84. The summed E-state index contributed by atoms with van der Waals surface area (Å²) in [6.07, 6.45) is 5.25. The van der Waals surface area contributed by atoms with E-state index >= 15 is 0 Å². The van der Waals surface area contributed by atoms with Crippen molar-refractivity contribution in [2.75, 3.05) is 13.1 Å². The van der Waals surface area contributed by atoms with Gasteiger partial charge in [0.25, 0.3) is 0 Å². The first kappa shape index (κ1) is 15.8. The van der Waals surface area contributed by atoms with Crippen LogP contribution in [0.25, 0.3) is 0 Å². The largest absolute Gasteiger partial charge is 0.330 e. The van der Waals surface area contributed by atoms with Gasteiger partial charge in [-0.1, -0.05) is 31.4 Å². The summed E-state index contributed by atoms with van der Waals surface area (Å²) in [5.74, 6) is 0.660. The third-order valence-electron chi connectivity index (χ3n) is 4.10. The molecule has 0 saturated heterocycles. The summed E-state index contributed by atoms with van der Waals surface area (Å²) in [7, 11) is 0. The van der Waals surface area contributed by atoms with Crippen LogP contribution in [0.2, 0.25) is 4.34 Å². The molecule has 2 rings (SSSR count). The van der Waals surface area contributed by atoms with Gasteiger partial charge in [0.2, 0.25) is 0 Å². The van der Waals surface area contributed by atoms with E-state index in [1.807, 2.05) is 0 Å². The van der Waals surface area contributed by atoms with Crippen molar-refractivity contribution in [2.24, 2.45) is 11.7 Å². The molecule has 0 spiro atoms. The first-order chi connectivity index (χ1) is 9.15. The molecule has 1 aromatic heterocycles. The van der Waals surface area contributed by atoms with Gasteiger partial charge in [0.1, 0.15) is 4.34 Å². The number of rotatable bonds is 5. The van der Waals surface area contributed by atoms with Crippen molar-refractivity contribution >= 4 is 38.9 Å². The normalized spacial score (nSPS) is 24.1. The molecular weight excluding hydrogens is 344 g/mol. The van der Waals surface area contributed by atoms with Gasteiger partial charge in [-0.2, -0.15) is 0 Å². The van der Waals surface area contributed by atoms with Gasteiger partial charge >= 0.3 is 0 Å². The molecule has 1 aliphatic rings. The van der Waals surface area contributed by atoms with Crippen molar-refractivity contribution in [2.45, 2.75) is 45.2 Å². The summed E-state index contributed by atoms with van der Waals surface area (Å²) in [5.41, 5.74) is 5.96. The lowest BCUT2D eigenvalue weighted by molar-refractivity contribution is 0.106. The zero-order chi connectivity index (χ0) is 13.8. The van der Waals surface area contributed by atoms with Crippen LogP contribution in [0.1, 0.15) is 37.5 Å². The molecular formula is C14H22BrClN2S. The van der Waals surface area contributed by atoms with E-state index in [4.69, 9.17) is 17.3 Å². The molecule has 2 unspecified atom stereocenters. The number of nitrogens with two attached hydrogens (primary N) is 1. The van der Waals surface area contributed by atoms with Crippen LogP contribution in [0.3, 0.4) is 0 Å². The van der Waals surface area contributed by atoms with Crippen LogP contribution >= 0.6 is 38.9 Å². The Labute approximate surface area is 133 Å². The van der Waals surface area contributed by atoms with Gasteiger partial charge in [0, 0.05) is 21.9 Å². The van der Waals surface area contributed by atoms with Crippen LogP contribution in [-0.2, 0) is 6.54 Å². The van der Waals surface area contributed by atoms with E-state index in [1.165, 1.54) is 30.6 Å². The first-order valence-electron chi connectivity index (χ1n) is 7.03. The Balaban J connectivity index is 2.06. The number of hydrogen-bond acceptors (Lipinski definition) is 3. The van der Waals surface area contributed by atoms with E-state index < -0.39 is 0 Å². The summed E-state index contributed by atoms with van der Waals surface area (Å²) in [4.78, 5) is 3.91. The molecule has 1 heterocycles. The van der Waals surface area contributed by atoms with Gasteiger partial charge < -0.3 is 5.73 Å². The molecule has 1 saturated carbocycles. The first-order valence-corrected chi connectivity index (χ1v) is 9.02. The van der Waals surface area contributed by atoms with Gasteiger partial charge in [-0.05, 0) is 53.8 Å². The third-order valence-corrected chi connectivity index (χ3v) is 6.56. The lowest BCUT2D eigenvalue weighted by Gasteiger charge is -2.39. The lowest BCUT2D eigenvalue weighted by Crippen LogP contribution is -2.44. The Kier molecular flexibility index (Phi) is 6.15. The minimum atomic E-state index is 0.642. The smallest absolute Gasteiger partial charge is 0.107 e. The average Bonchev–Trinajstić information content (AvgIpc) is 2.75. The van der Waals surface area contributed by atoms with E-state index in [1.54, 1.807) is 11.3 Å². The molecule has 5 heteroatoms. The van der Waals surface area contributed by atoms with Crippen LogP contribution in [0.15, 0.2) is 10.5 Å². The van der Waals surface area contributed by atoms with Crippen molar-refractivity contribution in [1.29, 1.82) is 0 Å². The molecule has 0 aromatic carbocycles. The zero-order valence-corrected chi connectivity index (χ0v) is 14.5. The Bertz CT molecular complexity index is 391. The highest BCUT2D eigenvalue weighted by molar-refractivity contribution is 9.10. The Hall–Kier alpha value is 0.390. The van der Waals surface area contributed by atoms with Crippen molar-refractivity contribution < 1.29 is 0 Å². The fourth-order valence-electron chi connectivity index (χ4n) is 3.08. The van der Waals surface area contributed by atoms with Crippen molar-refractivity contribution in [3.63, 3.8) is 0 Å². The highest BCUT2D eigenvalue weighted by atomic mass is 79.9. The van der Waals surface area contributed by atoms with Gasteiger partial charge in [-0.25, -0.2) is 0 Å². The lowest BCUT2D eigenvalue weighted by atomic mass is 9.83. The maximum absolute atomic E-state index is 6.13. The molecule has 0 aliphatic heterocycles. The number of halogens is 2. The molecule has 1 aromatic rings. The maximum atomic E-state index is 6.13. The third kappa shape index (κ3) is 3.94. The predicted molar refractivity (Wildman–Crippen MR) is 87.9 cm³/mol. The number of thiophene rings is 1. The molecule has 1 fully saturated rings. The van der Waals surface area contributed by atoms with Gasteiger partial charge in [-0.3, -0.25) is 4.90 Å². The molecule has 108 valence electrons. The van der Waals surface area contributed by atoms with Crippen LogP contribution < -0.4 is 5.73 Å². The van der Waals surface area contributed by atoms with E-state index in [2.05, 4.69) is 33.8 Å². The summed E-state index contributed by atoms with van der Waals surface area (Å²) < 4.78 is 1.87. The second kappa shape index (κ2) is 7.41. The molecule has 2 atom stereocenters. The second-order valence-electron chi connectivity index (χ2n) is 5.25. The molecule has 2 nitrogen and oxygen atoms in total. The van der Waals surface area contributed by atoms with Crippen molar-refractivity contribution in [1.82, 2.24) is 4.90 Å². The van der Waals surface area contributed by atoms with E-state index in [0.717, 1.165) is 28.4 Å². The van der Waals surface area contributed by atoms with Gasteiger partial charge in [0.05, 0.1) is 0 Å². The fourth-order valence-corrected chi connectivity index (χ4v) is 4.89. The number of nitrogens with zero attached hydrogens (tertiary/aromatic N) is 1. The van der Waals surface area contributed by atoms with Crippen LogP contribution in [-0.4, -0.2) is 24.0 Å². The fraction of sp³-hybridized carbons (Fsp3) is 0.714. The van der Waals surface area contributed by atoms with Crippen LogP contribution in [0.4, 0.5) is 0 Å². The maximum Gasteiger partial charge on any atom is 0.107 e. The Morgan fingerprint density at radius 1 is 1.47 bits per heavy atom. The molecule has 0 amide bonds. The molecule has 0 radical (unpaired) electrons. The SMILES string of the molecule is CCN(Cc1cc(Br)c(Cl)s1)C1CCCCC1CN. The summed E-state index contributed by atoms with van der Waals surface area (Å²) >= 11 is 11.3. The average molecular weight is 366 g/mol. The highest BCUT2D eigenvalue weighted by Gasteiger charge is 2.28. The monoisotopic (exact) mass is 364 g/mol. The standard InChI is InChI=1S/C14H22BrClN2S/c1-2-18(9-11-7-12(15)14(16)19-11)13-6-4-3-5-10(13)8-17/h7,10,13H,2-6,8-9,17H2,1H3. The van der Waals surface area contributed by atoms with E-state index in [9.17, 15) is 0 Å². The molecule has 0 bridgehead atoms. The highest BCUT2D eigenvalue weighted by Crippen LogP contribution is 2.34. The quantitative estimate of drug-likeness (QED) is 0.832. The van der Waals surface area contributed by atoms with Crippen molar-refractivity contribution in [3.8, 4) is 0 Å². The number of hydrogen-bond donors (Lipinski definition) is 1. The molecule has 2 N–H and O–H groups in total. The predicted octanol–water partition coefficient (Wildman–Crippen LogP) is 4.50. The zero-order valence-electron chi connectivity index (χ0n) is 11.4. The summed E-state index contributed by atoms with van der Waals surface area (Å²) in [6, 6.07) is 2.79. The summed E-state index contributed by atoms with van der Waals surface area (Å²) in [6.45, 7) is 5.13. The molecule has 1 aliphatic carbocycles. The van der Waals surface area contributed by atoms with E-state index in [0.29, 0.717) is 12.0 Å². The van der Waals surface area contributed by atoms with Crippen LogP contribution in [0.5, 0.6) is 0 Å². The van der Waals surface area contributed by atoms with Gasteiger partial charge in [-0.15, -0.1) is 11.3 Å². The molecule has 19 heavy (non-hydrogen) atoms. The van der Waals surface area contributed by atoms with Gasteiger partial charge in [0.15, 0.2) is 0 Å². The minimum Gasteiger partial charge on any atom is -0.330 e. The van der Waals surface area contributed by atoms with E-state index in [-0.39, 0.29) is 0 Å². The van der Waals surface area contributed by atoms with Crippen LogP contribution in [0, 0.1) is 5.92 Å². The Morgan fingerprint density at radius 2 is 2.21 bits per heavy atom. The van der Waals surface area contributed by atoms with Crippen molar-refractivity contribution in [3.05, 3.63) is 19.8 Å².